The predicted octanol–water partition coefficient (Wildman–Crippen LogP) is 9.38. The number of halogens is 4. The molecule has 18 atom stereocenters. The minimum atomic E-state index is -4.58. The third-order valence-corrected chi connectivity index (χ3v) is 29.6. The van der Waals surface area contributed by atoms with E-state index >= 15 is 13.2 Å². The van der Waals surface area contributed by atoms with Crippen LogP contribution in [0.1, 0.15) is 153 Å². The number of thioether (sulfide) groups is 3. The first kappa shape index (κ1) is 129. The molecule has 61 heteroatoms. The number of amides is 2. The fourth-order valence-corrected chi connectivity index (χ4v) is 19.6. The maximum atomic E-state index is 15.4. The van der Waals surface area contributed by atoms with E-state index < -0.39 is 243 Å². The lowest BCUT2D eigenvalue weighted by Gasteiger charge is -2.34. The number of aliphatic imine (C=N–C) groups is 2. The van der Waals surface area contributed by atoms with Crippen molar-refractivity contribution in [2.24, 2.45) is 58.2 Å². The maximum Gasteiger partial charge on any atom is 0.474 e. The van der Waals surface area contributed by atoms with Crippen LogP contribution in [-0.4, -0.2) is 330 Å². The Morgan fingerprint density at radius 1 is 0.520 bits per heavy atom. The van der Waals surface area contributed by atoms with Gasteiger partial charge < -0.3 is 111 Å². The standard InChI is InChI=1S/C25H39FN5O11PS2.C24H38FN6O10PS.2C19H29FN6O4/c1-16-29-17(34)6-7-31(16)20-18(26)19(35)25(42-20,12-28-30-27)15-41-43(38,39-8-10-44-21(36)23(2,3)13-32)40-9-11-45-22(37)24(4,5)14-33;1-14(2)40-21(35)15(3)29-42(37,38-9-10-43-22(36)23(5,6)12-32)39-13-24(11-27-30-26)19(34)18(25)20(41-24)31-8-7-17(33)28-16(31)4;1-3-4-5-6-7-8-15(27)29-12-19(11-23-25-22)17(28)16(20)18(30-19)26-10-9-14(21)24-13(26)2;1-3-4-5-6-7-8-15(28)29-17-16(20)18(26-10-9-14(21)24-13(26)2)30-19(17,12-27)11-23-25-22/h6-7,18-20,32-33,35H,1,8-15H2,2-5H3,(H,29,34);7-8,14-15,18-20,32,34H,4,9-13H2,1-3,5-6H3,(H,28,33)(H,29,37);9-10,16-18,28H,2-8,11-12H2,1H3,(H2,21,24);9-10,16-18,27H,2-8,11-12H2,1H3,(H2,21,24)/t18-,19+,20-,25-;15?,18-,19+,20-,24-,42?;2*16-,17+,18-,19-/m1111/s1. The number of unbranched alkanes of at least 4 members (excludes halogenated alkanes) is 8. The van der Waals surface area contributed by atoms with Gasteiger partial charge in [0.05, 0.1) is 108 Å². The van der Waals surface area contributed by atoms with Crippen LogP contribution in [0.4, 0.5) is 17.6 Å². The molecule has 52 nitrogen and oxygen atoms in total. The minimum Gasteiger partial charge on any atom is -0.462 e. The molecule has 4 fully saturated rings. The summed E-state index contributed by atoms with van der Waals surface area (Å²) in [6.45, 7) is 25.4. The molecular weight excluding hydrogens is 2070 g/mol. The van der Waals surface area contributed by atoms with Crippen LogP contribution in [-0.2, 0) is 103 Å². The lowest BCUT2D eigenvalue weighted by atomic mass is 9.96. The summed E-state index contributed by atoms with van der Waals surface area (Å²) in [6.07, 6.45) is -1.36. The van der Waals surface area contributed by atoms with Crippen LogP contribution in [0.25, 0.3) is 41.8 Å². The fraction of sp³-hybridized carbons (Fsp3) is 0.701. The summed E-state index contributed by atoms with van der Waals surface area (Å²) < 4.78 is 155. The second kappa shape index (κ2) is 60.5. The molecule has 828 valence electrons. The van der Waals surface area contributed by atoms with Crippen molar-refractivity contribution in [3.63, 3.8) is 0 Å². The van der Waals surface area contributed by atoms with Gasteiger partial charge in [-0.1, -0.05) is 147 Å². The molecule has 4 saturated heterocycles. The van der Waals surface area contributed by atoms with E-state index in [1.807, 2.05) is 0 Å². The first-order chi connectivity index (χ1) is 69.7. The third-order valence-electron chi connectivity index (χ3n) is 22.9. The SMILES string of the molecule is C=C1N=C(N)C=CN1[C@@H]1O[C@@](CO)(CN=[N+]=[N-])[C@@H](OC(=O)CCCCCCC)[C@H]1F.C=C1N=C(N)C=CN1[C@@H]1O[C@](CN=[N+]=[N-])(COC(=O)CCCCCCC)[C@@H](O)[C@H]1F.C=C1NC(=O)C=CN1[C@@H]1O[C@](CN=[N+]=[N-])(COP(=O)(NC(C)C(=O)OC(C)C)OCCSC(=O)C(C)(C)CO)[C@@H](O)[C@H]1F.C=C1NC(=O)C=CN1[C@@H]1O[C@](CN=[N+]=[N-])(COP(=O)(OCCSC(=O)C(C)(C)CO)OCCSC(=O)C(C)(C)CO)[C@@H](O)[C@H]1F. The molecule has 0 aromatic carbocycles. The summed E-state index contributed by atoms with van der Waals surface area (Å²) in [6, 6.07) is -1.23. The minimum absolute atomic E-state index is 0.0190. The average molecular weight is 2200 g/mol. The lowest BCUT2D eigenvalue weighted by molar-refractivity contribution is -0.168. The Morgan fingerprint density at radius 2 is 0.865 bits per heavy atom. The van der Waals surface area contributed by atoms with Gasteiger partial charge in [-0.05, 0) is 109 Å². The van der Waals surface area contributed by atoms with Gasteiger partial charge in [0.2, 0.25) is 0 Å². The number of alkyl halides is 4. The van der Waals surface area contributed by atoms with Gasteiger partial charge in [0.1, 0.15) is 88.3 Å². The van der Waals surface area contributed by atoms with E-state index in [1.54, 1.807) is 55.4 Å². The molecule has 14 N–H and O–H groups in total. The number of azide groups is 4. The number of nitrogens with two attached hydrogens (primary N) is 2. The van der Waals surface area contributed by atoms with Gasteiger partial charge in [-0.15, -0.1) is 0 Å². The number of hydrogen-bond donors (Lipinski definition) is 12. The number of aliphatic hydroxyl groups is 7. The summed E-state index contributed by atoms with van der Waals surface area (Å²) in [5.74, 6) is -2.47. The molecule has 2 unspecified atom stereocenters. The summed E-state index contributed by atoms with van der Waals surface area (Å²) >= 11 is 2.43. The van der Waals surface area contributed by atoms with Crippen LogP contribution in [0.5, 0.6) is 0 Å². The molecule has 8 rings (SSSR count). The van der Waals surface area contributed by atoms with Crippen molar-refractivity contribution in [1.29, 1.82) is 0 Å². The number of nitrogens with one attached hydrogen (secondary N) is 3. The van der Waals surface area contributed by atoms with Crippen molar-refractivity contribution in [2.45, 2.75) is 262 Å². The summed E-state index contributed by atoms with van der Waals surface area (Å²) in [5.41, 5.74) is 35.7. The Balaban J connectivity index is 0.000000352. The van der Waals surface area contributed by atoms with Gasteiger partial charge >= 0.3 is 33.5 Å². The summed E-state index contributed by atoms with van der Waals surface area (Å²) in [4.78, 5) is 120. The lowest BCUT2D eigenvalue weighted by Crippen LogP contribution is -2.50. The number of hydrogen-bond acceptors (Lipinski definition) is 44. The fourth-order valence-electron chi connectivity index (χ4n) is 14.1. The highest BCUT2D eigenvalue weighted by Crippen LogP contribution is 2.53. The number of phosphoric acid groups is 1. The number of amidine groups is 2. The van der Waals surface area contributed by atoms with Gasteiger partial charge in [0, 0.05) is 86.7 Å². The molecule has 0 aliphatic carbocycles. The largest absolute Gasteiger partial charge is 0.474 e. The number of aliphatic hydroxyl groups excluding tert-OH is 7. The van der Waals surface area contributed by atoms with Crippen LogP contribution < -0.4 is 27.2 Å². The van der Waals surface area contributed by atoms with Gasteiger partial charge in [-0.3, -0.25) is 61.0 Å². The van der Waals surface area contributed by atoms with Crippen molar-refractivity contribution >= 4 is 108 Å². The van der Waals surface area contributed by atoms with E-state index in [0.717, 1.165) is 109 Å². The molecule has 8 heterocycles. The van der Waals surface area contributed by atoms with Crippen molar-refractivity contribution in [3.8, 4) is 0 Å². The number of nitrogens with zero attached hydrogens (tertiary/aromatic N) is 18. The zero-order valence-corrected chi connectivity index (χ0v) is 88.2. The molecule has 0 spiro atoms. The van der Waals surface area contributed by atoms with Crippen LogP contribution in [0, 0.1) is 16.2 Å². The van der Waals surface area contributed by atoms with Crippen LogP contribution >= 0.6 is 50.9 Å². The number of ether oxygens (including phenoxy) is 7. The van der Waals surface area contributed by atoms with Crippen molar-refractivity contribution in [2.75, 3.05) is 110 Å². The third kappa shape index (κ3) is 37.1. The number of rotatable bonds is 56. The zero-order chi connectivity index (χ0) is 111. The van der Waals surface area contributed by atoms with Gasteiger partial charge in [0.15, 0.2) is 71.0 Å². The Hall–Kier alpha value is -9.79. The van der Waals surface area contributed by atoms with E-state index in [2.05, 4.69) is 106 Å². The summed E-state index contributed by atoms with van der Waals surface area (Å²) in [5, 5.41) is 90.2. The van der Waals surface area contributed by atoms with Crippen molar-refractivity contribution < 1.29 is 157 Å². The van der Waals surface area contributed by atoms with E-state index in [1.165, 1.54) is 53.7 Å². The molecule has 148 heavy (non-hydrogen) atoms. The highest BCUT2D eigenvalue weighted by molar-refractivity contribution is 8.14. The molecule has 8 aliphatic rings. The molecule has 8 aliphatic heterocycles. The highest BCUT2D eigenvalue weighted by atomic mass is 32.2. The van der Waals surface area contributed by atoms with Gasteiger partial charge in [-0.2, -0.15) is 0 Å². The van der Waals surface area contributed by atoms with Gasteiger partial charge in [-0.25, -0.2) is 41.8 Å². The number of esters is 3. The Bertz CT molecular complexity index is 5040. The Morgan fingerprint density at radius 3 is 1.23 bits per heavy atom. The molecule has 0 saturated carbocycles. The second-order valence-electron chi connectivity index (χ2n) is 36.5. The highest BCUT2D eigenvalue weighted by Gasteiger charge is 2.63. The Labute approximate surface area is 865 Å². The second-order valence-corrected chi connectivity index (χ2v) is 43.2. The molecule has 0 aromatic rings. The maximum absolute atomic E-state index is 15.4. The van der Waals surface area contributed by atoms with Crippen LogP contribution in [0.3, 0.4) is 0 Å². The first-order valence-electron chi connectivity index (χ1n) is 46.7. The van der Waals surface area contributed by atoms with E-state index in [-0.39, 0.29) is 100 Å². The van der Waals surface area contributed by atoms with E-state index in [0.29, 0.717) is 12.8 Å². The van der Waals surface area contributed by atoms with E-state index in [4.69, 9.17) is 89.4 Å². The normalized spacial score (nSPS) is 26.3. The van der Waals surface area contributed by atoms with Crippen molar-refractivity contribution in [3.05, 3.63) is 140 Å². The molecule has 0 bridgehead atoms. The quantitative estimate of drug-likeness (QED) is 0.00394. The summed E-state index contributed by atoms with van der Waals surface area (Å²) in [7, 11) is -9.08. The van der Waals surface area contributed by atoms with Crippen LogP contribution in [0.2, 0.25) is 0 Å². The van der Waals surface area contributed by atoms with Crippen LogP contribution in [0.15, 0.2) is 129 Å². The molecule has 0 aromatic heterocycles. The van der Waals surface area contributed by atoms with Gasteiger partial charge in [0.25, 0.3) is 11.8 Å². The Kier molecular flexibility index (Phi) is 52.6. The topological polar surface area (TPSA) is 744 Å². The predicted molar refractivity (Wildman–Crippen MR) is 533 cm³/mol. The van der Waals surface area contributed by atoms with E-state index in [9.17, 15) is 87.6 Å². The number of carbonyl (C=O) groups excluding carboxylic acids is 8. The number of carbonyl (C=O) groups is 8. The molecule has 2 amide bonds. The zero-order valence-electron chi connectivity index (χ0n) is 84.0. The number of phosphoric ester groups is 1. The smallest absolute Gasteiger partial charge is 0.462 e. The molecular formula is C87H135F4N23O29P2S3. The van der Waals surface area contributed by atoms with Crippen molar-refractivity contribution in [1.82, 2.24) is 35.3 Å². The first-order valence-corrected chi connectivity index (χ1v) is 52.7. The average Bonchev–Trinajstić information content (AvgIpc) is 1.62. The monoisotopic (exact) mass is 2200 g/mol. The molecule has 0 radical (unpaired) electrons.